The van der Waals surface area contributed by atoms with E-state index in [1.807, 2.05) is 6.07 Å². The molecule has 0 aliphatic heterocycles. The van der Waals surface area contributed by atoms with Crippen molar-refractivity contribution in [3.63, 3.8) is 0 Å². The van der Waals surface area contributed by atoms with E-state index in [-0.39, 0.29) is 11.3 Å². The Hall–Kier alpha value is -3.54. The molecule has 1 N–H and O–H groups in total. The molecule has 226 valence electrons. The first-order valence-electron chi connectivity index (χ1n) is 15.6. The maximum absolute atomic E-state index is 13.8. The highest BCUT2D eigenvalue weighted by atomic mass is 19.4. The smallest absolute Gasteiger partial charge is 0.299 e. The van der Waals surface area contributed by atoms with Gasteiger partial charge in [-0.2, -0.15) is 13.2 Å². The number of aryl methyl sites for hydroxylation is 6. The van der Waals surface area contributed by atoms with Crippen molar-refractivity contribution in [3.05, 3.63) is 128 Å². The molecule has 4 aromatic rings. The number of H-pyrrole nitrogens is 1. The van der Waals surface area contributed by atoms with Gasteiger partial charge >= 0.3 is 6.18 Å². The Bertz CT molecular complexity index is 1630. The fourth-order valence-corrected chi connectivity index (χ4v) is 8.71. The molecule has 0 unspecified atom stereocenters. The summed E-state index contributed by atoms with van der Waals surface area (Å²) in [5, 5.41) is 3.10. The summed E-state index contributed by atoms with van der Waals surface area (Å²) < 4.78 is 41.5. The van der Waals surface area contributed by atoms with Crippen molar-refractivity contribution in [1.29, 1.82) is 0 Å². The summed E-state index contributed by atoms with van der Waals surface area (Å²) in [6, 6.07) is 25.3. The Morgan fingerprint density at radius 3 is 1.70 bits per heavy atom. The normalized spacial score (nSPS) is 20.5. The zero-order valence-corrected chi connectivity index (χ0v) is 25.4. The lowest BCUT2D eigenvalue weighted by Crippen LogP contribution is -2.42. The quantitative estimate of drug-likeness (QED) is 0.198. The van der Waals surface area contributed by atoms with Crippen LogP contribution in [0.4, 0.5) is 13.2 Å². The number of rotatable bonds is 10. The van der Waals surface area contributed by atoms with E-state index < -0.39 is 23.7 Å². The predicted molar refractivity (Wildman–Crippen MR) is 166 cm³/mol. The minimum Gasteiger partial charge on any atom is -0.299 e. The fraction of sp³-hybridized carbons (Fsp3) is 0.432. The third-order valence-corrected chi connectivity index (χ3v) is 10.9. The molecule has 0 spiro atoms. The van der Waals surface area contributed by atoms with Gasteiger partial charge in [0.25, 0.3) is 5.56 Å². The van der Waals surface area contributed by atoms with E-state index in [1.165, 1.54) is 33.4 Å². The number of hydrogen-bond donors (Lipinski definition) is 1. The lowest BCUT2D eigenvalue weighted by molar-refractivity contribution is -0.143. The molecule has 2 atom stereocenters. The van der Waals surface area contributed by atoms with E-state index in [2.05, 4.69) is 92.6 Å². The number of aromatic amines is 1. The summed E-state index contributed by atoms with van der Waals surface area (Å²) in [7, 11) is 0. The number of hydrogen-bond acceptors (Lipinski definition) is 1. The van der Waals surface area contributed by atoms with Crippen molar-refractivity contribution in [3.8, 4) is 0 Å². The van der Waals surface area contributed by atoms with Crippen LogP contribution in [0.25, 0.3) is 0 Å². The highest BCUT2D eigenvalue weighted by Gasteiger charge is 2.67. The van der Waals surface area contributed by atoms with E-state index in [4.69, 9.17) is 0 Å². The van der Waals surface area contributed by atoms with Gasteiger partial charge in [0.15, 0.2) is 0 Å². The van der Waals surface area contributed by atoms with E-state index in [1.54, 1.807) is 0 Å². The maximum Gasteiger partial charge on any atom is 0.408 e. The third kappa shape index (κ3) is 5.17. The summed E-state index contributed by atoms with van der Waals surface area (Å²) in [5.74, 6) is -0.0642. The molecule has 1 aromatic heterocycles. The topological polar surface area (TPSA) is 37.8 Å². The Labute approximate surface area is 252 Å². The lowest BCUT2D eigenvalue weighted by atomic mass is 9.58. The second-order valence-corrected chi connectivity index (χ2v) is 13.0. The molecule has 0 amide bonds. The molecular weight excluding hydrogens is 545 g/mol. The molecule has 0 radical (unpaired) electrons. The van der Waals surface area contributed by atoms with Crippen LogP contribution >= 0.6 is 0 Å². The third-order valence-electron chi connectivity index (χ3n) is 10.9. The van der Waals surface area contributed by atoms with E-state index >= 15 is 0 Å². The molecule has 3 aromatic carbocycles. The zero-order valence-electron chi connectivity index (χ0n) is 25.4. The number of aromatic nitrogens is 2. The van der Waals surface area contributed by atoms with Crippen LogP contribution < -0.4 is 5.56 Å². The molecule has 2 bridgehead atoms. The first-order valence-corrected chi connectivity index (χ1v) is 15.6. The number of halogens is 3. The van der Waals surface area contributed by atoms with Crippen molar-refractivity contribution in [2.45, 2.75) is 96.2 Å². The number of fused-ring (bicyclic) bond motifs is 5. The van der Waals surface area contributed by atoms with Crippen LogP contribution in [0.3, 0.4) is 0 Å². The van der Waals surface area contributed by atoms with Crippen molar-refractivity contribution >= 4 is 0 Å². The van der Waals surface area contributed by atoms with Gasteiger partial charge in [-0.1, -0.05) is 72.8 Å². The summed E-state index contributed by atoms with van der Waals surface area (Å²) >= 11 is 0. The monoisotopic (exact) mass is 586 g/mol. The minimum absolute atomic E-state index is 0.0642. The summed E-state index contributed by atoms with van der Waals surface area (Å²) in [5.41, 5.74) is 7.87. The zero-order chi connectivity index (χ0) is 30.4. The van der Waals surface area contributed by atoms with Crippen molar-refractivity contribution in [1.82, 2.24) is 9.78 Å². The minimum atomic E-state index is -4.47. The van der Waals surface area contributed by atoms with Crippen molar-refractivity contribution in [2.24, 2.45) is 5.41 Å². The number of benzene rings is 3. The first-order chi connectivity index (χ1) is 20.5. The average Bonchev–Trinajstić information content (AvgIpc) is 3.53. The van der Waals surface area contributed by atoms with Crippen LogP contribution in [0.1, 0.15) is 82.7 Å². The number of nitrogens with zero attached hydrogens (tertiary/aromatic N) is 1. The predicted octanol–water partition coefficient (Wildman–Crippen LogP) is 8.68. The van der Waals surface area contributed by atoms with Crippen LogP contribution in [0, 0.1) is 26.2 Å². The van der Waals surface area contributed by atoms with Crippen LogP contribution in [0.5, 0.6) is 0 Å². The van der Waals surface area contributed by atoms with Gasteiger partial charge < -0.3 is 0 Å². The molecule has 43 heavy (non-hydrogen) atoms. The molecule has 1 fully saturated rings. The molecule has 0 saturated heterocycles. The van der Waals surface area contributed by atoms with E-state index in [0.29, 0.717) is 5.56 Å². The molecule has 1 saturated carbocycles. The van der Waals surface area contributed by atoms with Crippen LogP contribution in [0.2, 0.25) is 0 Å². The van der Waals surface area contributed by atoms with Gasteiger partial charge in [0.1, 0.15) is 6.54 Å². The summed E-state index contributed by atoms with van der Waals surface area (Å²) in [6.07, 6.45) is 2.41. The van der Waals surface area contributed by atoms with Crippen molar-refractivity contribution in [2.75, 3.05) is 0 Å². The second-order valence-electron chi connectivity index (χ2n) is 13.0. The molecule has 2 aliphatic carbocycles. The van der Waals surface area contributed by atoms with Crippen LogP contribution in [-0.4, -0.2) is 16.0 Å². The van der Waals surface area contributed by atoms with Gasteiger partial charge in [-0.05, 0) is 117 Å². The van der Waals surface area contributed by atoms with Gasteiger partial charge in [0.05, 0.1) is 0 Å². The van der Waals surface area contributed by atoms with Crippen LogP contribution in [0.15, 0.2) is 77.6 Å². The molecule has 3 nitrogen and oxygen atoms in total. The van der Waals surface area contributed by atoms with Gasteiger partial charge in [0, 0.05) is 16.7 Å². The molecular formula is C37H41F3N2O. The number of nitrogens with one attached hydrogen (secondary N) is 1. The Balaban J connectivity index is 1.47. The SMILES string of the molecule is Cc1ccccc1CCC1(CCc2ccccc2C)[C@@H]2CC[C@]1(CCc1ccccc1C)c1[nH]n(CC(F)(F)F)c(=O)c12. The summed E-state index contributed by atoms with van der Waals surface area (Å²) in [4.78, 5) is 13.8. The Morgan fingerprint density at radius 2 is 1.23 bits per heavy atom. The van der Waals surface area contributed by atoms with Crippen molar-refractivity contribution < 1.29 is 13.2 Å². The Kier molecular flexibility index (Phi) is 7.68. The largest absolute Gasteiger partial charge is 0.408 e. The van der Waals surface area contributed by atoms with Gasteiger partial charge in [0.2, 0.25) is 0 Å². The molecule has 6 heteroatoms. The summed E-state index contributed by atoms with van der Waals surface area (Å²) in [6.45, 7) is 5.13. The van der Waals surface area contributed by atoms with Gasteiger partial charge in [-0.3, -0.25) is 9.89 Å². The molecule has 6 rings (SSSR count). The standard InChI is InChI=1S/C37H41F3N2O/c1-25-10-4-7-13-28(25)16-20-35(21-17-29-14-8-5-11-26(29)2)31-19-23-36(35,22-18-30-15-9-6-12-27(30)3)33-32(31)34(43)42(41-33)24-37(38,39)40/h4-15,31,41H,16-24H2,1-3H3/t31-,36-/m1/s1. The number of alkyl halides is 3. The van der Waals surface area contributed by atoms with Crippen LogP contribution in [-0.2, 0) is 31.2 Å². The molecule has 2 aliphatic rings. The van der Waals surface area contributed by atoms with E-state index in [9.17, 15) is 18.0 Å². The Morgan fingerprint density at radius 1 is 0.767 bits per heavy atom. The van der Waals surface area contributed by atoms with Gasteiger partial charge in [-0.15, -0.1) is 0 Å². The van der Waals surface area contributed by atoms with E-state index in [0.717, 1.165) is 61.7 Å². The lowest BCUT2D eigenvalue weighted by Gasteiger charge is -2.45. The van der Waals surface area contributed by atoms with Gasteiger partial charge in [-0.25, -0.2) is 4.68 Å². The maximum atomic E-state index is 13.8. The highest BCUT2D eigenvalue weighted by molar-refractivity contribution is 5.47. The average molecular weight is 587 g/mol. The fourth-order valence-electron chi connectivity index (χ4n) is 8.71. The first kappa shape index (κ1) is 29.5. The highest BCUT2D eigenvalue weighted by Crippen LogP contribution is 2.72. The molecule has 1 heterocycles. The second kappa shape index (κ2) is 11.2.